The number of hydrogen-bond donors (Lipinski definition) is 1. The van der Waals surface area contributed by atoms with E-state index < -0.39 is 0 Å². The fraction of sp³-hybridized carbons (Fsp3) is 0.588. The second-order valence-corrected chi connectivity index (χ2v) is 7.21. The Labute approximate surface area is 136 Å². The minimum atomic E-state index is 0.662. The lowest BCUT2D eigenvalue weighted by molar-refractivity contribution is 0.743. The van der Waals surface area contributed by atoms with Gasteiger partial charge in [0.1, 0.15) is 0 Å². The quantitative estimate of drug-likeness (QED) is 0.781. The van der Waals surface area contributed by atoms with E-state index in [1.54, 1.807) is 11.3 Å². The monoisotopic (exact) mass is 318 g/mol. The Morgan fingerprint density at radius 2 is 1.91 bits per heavy atom. The number of aromatic nitrogens is 1. The zero-order valence-electron chi connectivity index (χ0n) is 13.8. The van der Waals surface area contributed by atoms with Crippen LogP contribution < -0.4 is 15.5 Å². The van der Waals surface area contributed by atoms with Crippen LogP contribution in [0.25, 0.3) is 10.2 Å². The summed E-state index contributed by atoms with van der Waals surface area (Å²) in [4.78, 5) is 9.58. The predicted molar refractivity (Wildman–Crippen MR) is 98.3 cm³/mol. The van der Waals surface area contributed by atoms with Crippen LogP contribution in [0.2, 0.25) is 0 Å². The summed E-state index contributed by atoms with van der Waals surface area (Å²) >= 11 is 1.76. The van der Waals surface area contributed by atoms with Crippen LogP contribution in [0.5, 0.6) is 0 Å². The van der Waals surface area contributed by atoms with Crippen molar-refractivity contribution in [3.05, 3.63) is 12.1 Å². The second kappa shape index (κ2) is 6.32. The van der Waals surface area contributed by atoms with Crippen LogP contribution in [-0.4, -0.2) is 31.2 Å². The molecule has 1 aromatic carbocycles. The average molecular weight is 318 g/mol. The van der Waals surface area contributed by atoms with Crippen LogP contribution in [-0.2, 0) is 0 Å². The van der Waals surface area contributed by atoms with Gasteiger partial charge in [-0.15, -0.1) is 0 Å². The molecule has 0 amide bonds. The first-order valence-corrected chi connectivity index (χ1v) is 9.13. The Bertz CT molecular complexity index is 641. The first-order valence-electron chi connectivity index (χ1n) is 8.31. The van der Waals surface area contributed by atoms with Crippen molar-refractivity contribution in [1.29, 1.82) is 0 Å². The molecule has 0 spiro atoms. The SMILES string of the molecule is CCCN(CCC)c1nc2cc(N(C)C3CC3)c(N)cc2s1. The van der Waals surface area contributed by atoms with Crippen molar-refractivity contribution < 1.29 is 0 Å². The van der Waals surface area contributed by atoms with Crippen LogP contribution >= 0.6 is 11.3 Å². The van der Waals surface area contributed by atoms with Gasteiger partial charge in [-0.3, -0.25) is 0 Å². The van der Waals surface area contributed by atoms with Gasteiger partial charge in [-0.05, 0) is 37.8 Å². The van der Waals surface area contributed by atoms with Gasteiger partial charge in [0.15, 0.2) is 5.13 Å². The number of nitrogens with zero attached hydrogens (tertiary/aromatic N) is 3. The summed E-state index contributed by atoms with van der Waals surface area (Å²) in [6.07, 6.45) is 4.84. The molecule has 2 N–H and O–H groups in total. The number of rotatable bonds is 7. The number of fused-ring (bicyclic) bond motifs is 1. The number of benzene rings is 1. The van der Waals surface area contributed by atoms with E-state index in [0.717, 1.165) is 48.0 Å². The van der Waals surface area contributed by atoms with E-state index in [1.165, 1.54) is 17.5 Å². The van der Waals surface area contributed by atoms with E-state index in [9.17, 15) is 0 Å². The maximum absolute atomic E-state index is 6.28. The topological polar surface area (TPSA) is 45.4 Å². The van der Waals surface area contributed by atoms with Gasteiger partial charge in [0.25, 0.3) is 0 Å². The highest BCUT2D eigenvalue weighted by Gasteiger charge is 2.28. The molecule has 1 aliphatic rings. The smallest absolute Gasteiger partial charge is 0.186 e. The maximum Gasteiger partial charge on any atom is 0.186 e. The van der Waals surface area contributed by atoms with Crippen LogP contribution in [0.3, 0.4) is 0 Å². The van der Waals surface area contributed by atoms with E-state index in [-0.39, 0.29) is 0 Å². The van der Waals surface area contributed by atoms with Crippen LogP contribution in [0.15, 0.2) is 12.1 Å². The Hall–Kier alpha value is -1.49. The van der Waals surface area contributed by atoms with Crippen molar-refractivity contribution in [1.82, 2.24) is 4.98 Å². The molecule has 22 heavy (non-hydrogen) atoms. The first kappa shape index (κ1) is 15.4. The Morgan fingerprint density at radius 3 is 2.50 bits per heavy atom. The molecule has 0 bridgehead atoms. The predicted octanol–water partition coefficient (Wildman–Crippen LogP) is 4.10. The van der Waals surface area contributed by atoms with E-state index in [0.29, 0.717) is 6.04 Å². The van der Waals surface area contributed by atoms with Gasteiger partial charge in [-0.1, -0.05) is 25.2 Å². The molecule has 1 aromatic heterocycles. The summed E-state index contributed by atoms with van der Waals surface area (Å²) in [6, 6.07) is 4.93. The molecule has 1 fully saturated rings. The number of thiazole rings is 1. The molecule has 120 valence electrons. The zero-order chi connectivity index (χ0) is 15.7. The molecule has 0 radical (unpaired) electrons. The van der Waals surface area contributed by atoms with E-state index in [4.69, 9.17) is 10.7 Å². The lowest BCUT2D eigenvalue weighted by Gasteiger charge is -2.20. The molecule has 0 unspecified atom stereocenters. The highest BCUT2D eigenvalue weighted by atomic mass is 32.1. The van der Waals surface area contributed by atoms with Crippen molar-refractivity contribution in [3.8, 4) is 0 Å². The molecule has 0 aliphatic heterocycles. The summed E-state index contributed by atoms with van der Waals surface area (Å²) in [5.74, 6) is 0. The summed E-state index contributed by atoms with van der Waals surface area (Å²) in [5.41, 5.74) is 9.36. The zero-order valence-corrected chi connectivity index (χ0v) is 14.6. The molecular formula is C17H26N4S. The highest BCUT2D eigenvalue weighted by Crippen LogP contribution is 2.38. The largest absolute Gasteiger partial charge is 0.397 e. The van der Waals surface area contributed by atoms with E-state index in [1.807, 2.05) is 0 Å². The Balaban J connectivity index is 1.94. The molecule has 2 aromatic rings. The summed E-state index contributed by atoms with van der Waals surface area (Å²) in [7, 11) is 2.14. The fourth-order valence-electron chi connectivity index (χ4n) is 2.91. The number of nitrogens with two attached hydrogens (primary N) is 1. The fourth-order valence-corrected chi connectivity index (χ4v) is 3.96. The molecule has 3 rings (SSSR count). The molecular weight excluding hydrogens is 292 g/mol. The first-order chi connectivity index (χ1) is 10.6. The summed E-state index contributed by atoms with van der Waals surface area (Å²) in [6.45, 7) is 6.57. The van der Waals surface area contributed by atoms with Gasteiger partial charge in [-0.25, -0.2) is 4.98 Å². The third-order valence-electron chi connectivity index (χ3n) is 4.26. The molecule has 4 nitrogen and oxygen atoms in total. The summed E-state index contributed by atoms with van der Waals surface area (Å²) in [5, 5.41) is 1.13. The molecule has 1 saturated carbocycles. The van der Waals surface area contributed by atoms with Crippen molar-refractivity contribution >= 4 is 38.1 Å². The van der Waals surface area contributed by atoms with Crippen molar-refractivity contribution in [3.63, 3.8) is 0 Å². The highest BCUT2D eigenvalue weighted by molar-refractivity contribution is 7.22. The molecule has 1 heterocycles. The summed E-state index contributed by atoms with van der Waals surface area (Å²) < 4.78 is 1.19. The Morgan fingerprint density at radius 1 is 1.23 bits per heavy atom. The van der Waals surface area contributed by atoms with Crippen molar-refractivity contribution in [2.45, 2.75) is 45.6 Å². The molecule has 5 heteroatoms. The molecule has 1 aliphatic carbocycles. The second-order valence-electron chi connectivity index (χ2n) is 6.20. The van der Waals surface area contributed by atoms with Gasteiger partial charge in [0.2, 0.25) is 0 Å². The van der Waals surface area contributed by atoms with Gasteiger partial charge >= 0.3 is 0 Å². The third kappa shape index (κ3) is 3.00. The molecule has 0 saturated heterocycles. The Kier molecular flexibility index (Phi) is 4.43. The van der Waals surface area contributed by atoms with Gasteiger partial charge in [-0.2, -0.15) is 0 Å². The van der Waals surface area contributed by atoms with Crippen LogP contribution in [0, 0.1) is 0 Å². The van der Waals surface area contributed by atoms with Crippen LogP contribution in [0.4, 0.5) is 16.5 Å². The van der Waals surface area contributed by atoms with Crippen molar-refractivity contribution in [2.24, 2.45) is 0 Å². The lowest BCUT2D eigenvalue weighted by atomic mass is 10.2. The van der Waals surface area contributed by atoms with Crippen molar-refractivity contribution in [2.75, 3.05) is 35.7 Å². The number of nitrogen functional groups attached to an aromatic ring is 1. The van der Waals surface area contributed by atoms with Gasteiger partial charge in [0.05, 0.1) is 21.6 Å². The van der Waals surface area contributed by atoms with Gasteiger partial charge < -0.3 is 15.5 Å². The van der Waals surface area contributed by atoms with Gasteiger partial charge in [0, 0.05) is 26.2 Å². The minimum Gasteiger partial charge on any atom is -0.397 e. The number of hydrogen-bond acceptors (Lipinski definition) is 5. The number of anilines is 3. The average Bonchev–Trinajstić information content (AvgIpc) is 3.26. The standard InChI is InChI=1S/C17H26N4S/c1-4-8-21(9-5-2)17-19-14-11-15(20(3)12-6-7-12)13(18)10-16(14)22-17/h10-12H,4-9,18H2,1-3H3. The normalized spacial score (nSPS) is 14.5. The third-order valence-corrected chi connectivity index (χ3v) is 5.34. The maximum atomic E-state index is 6.28. The minimum absolute atomic E-state index is 0.662. The molecule has 0 atom stereocenters. The van der Waals surface area contributed by atoms with Crippen LogP contribution in [0.1, 0.15) is 39.5 Å². The lowest BCUT2D eigenvalue weighted by Crippen LogP contribution is -2.24. The van der Waals surface area contributed by atoms with E-state index in [2.05, 4.69) is 42.8 Å². The van der Waals surface area contributed by atoms with E-state index >= 15 is 0 Å².